The number of phenols is 1. The van der Waals surface area contributed by atoms with Crippen LogP contribution < -0.4 is 0 Å². The van der Waals surface area contributed by atoms with Crippen LogP contribution in [0.1, 0.15) is 87.1 Å². The lowest BCUT2D eigenvalue weighted by Crippen LogP contribution is -2.26. The van der Waals surface area contributed by atoms with Gasteiger partial charge in [0.25, 0.3) is 0 Å². The first-order valence-electron chi connectivity index (χ1n) is 10.4. The summed E-state index contributed by atoms with van der Waals surface area (Å²) >= 11 is 0. The van der Waals surface area contributed by atoms with E-state index in [-0.39, 0.29) is 5.41 Å². The zero-order chi connectivity index (χ0) is 19.9. The number of unbranched alkanes of at least 4 members (excludes halogenated alkanes) is 3. The SMILES string of the molecule is CCCCCC#Cc1ccc(C(CC)(CC)c2ccc(O)c(C)c2)cc1C. The summed E-state index contributed by atoms with van der Waals surface area (Å²) in [5.41, 5.74) is 5.91. The Morgan fingerprint density at radius 1 is 0.852 bits per heavy atom. The van der Waals surface area contributed by atoms with Crippen molar-refractivity contribution in [3.63, 3.8) is 0 Å². The second kappa shape index (κ2) is 9.65. The molecule has 0 aliphatic heterocycles. The van der Waals surface area contributed by atoms with Crippen molar-refractivity contribution < 1.29 is 5.11 Å². The van der Waals surface area contributed by atoms with Crippen LogP contribution in [0.15, 0.2) is 36.4 Å². The Balaban J connectivity index is 2.37. The second-order valence-corrected chi connectivity index (χ2v) is 7.58. The normalized spacial score (nSPS) is 11.1. The highest BCUT2D eigenvalue weighted by atomic mass is 16.3. The minimum Gasteiger partial charge on any atom is -0.508 e. The predicted molar refractivity (Wildman–Crippen MR) is 116 cm³/mol. The molecule has 0 amide bonds. The predicted octanol–water partition coefficient (Wildman–Crippen LogP) is 7.05. The first-order chi connectivity index (χ1) is 13.0. The van der Waals surface area contributed by atoms with E-state index in [0.29, 0.717) is 5.75 Å². The second-order valence-electron chi connectivity index (χ2n) is 7.58. The number of hydrogen-bond donors (Lipinski definition) is 1. The Hall–Kier alpha value is -2.20. The van der Waals surface area contributed by atoms with E-state index < -0.39 is 0 Å². The molecule has 0 saturated heterocycles. The average molecular weight is 363 g/mol. The van der Waals surface area contributed by atoms with Gasteiger partial charge in [0.1, 0.15) is 5.75 Å². The van der Waals surface area contributed by atoms with Gasteiger partial charge in [0.05, 0.1) is 0 Å². The summed E-state index contributed by atoms with van der Waals surface area (Å²) in [5.74, 6) is 7.06. The molecule has 0 heterocycles. The van der Waals surface area contributed by atoms with Crippen LogP contribution in [0.4, 0.5) is 0 Å². The van der Waals surface area contributed by atoms with Crippen molar-refractivity contribution in [1.82, 2.24) is 0 Å². The van der Waals surface area contributed by atoms with Crippen molar-refractivity contribution in [3.05, 3.63) is 64.2 Å². The highest BCUT2D eigenvalue weighted by Gasteiger charge is 2.31. The monoisotopic (exact) mass is 362 g/mol. The number of benzene rings is 2. The highest BCUT2D eigenvalue weighted by molar-refractivity contribution is 5.49. The fourth-order valence-electron chi connectivity index (χ4n) is 3.91. The molecule has 0 radical (unpaired) electrons. The minimum absolute atomic E-state index is 0.0314. The van der Waals surface area contributed by atoms with Crippen molar-refractivity contribution in [2.75, 3.05) is 0 Å². The molecule has 0 aliphatic carbocycles. The van der Waals surface area contributed by atoms with E-state index in [4.69, 9.17) is 0 Å². The Labute approximate surface area is 165 Å². The van der Waals surface area contributed by atoms with Gasteiger partial charge >= 0.3 is 0 Å². The van der Waals surface area contributed by atoms with Gasteiger partial charge in [-0.2, -0.15) is 0 Å². The fraction of sp³-hybridized carbons (Fsp3) is 0.462. The van der Waals surface area contributed by atoms with E-state index >= 15 is 0 Å². The van der Waals surface area contributed by atoms with E-state index in [1.807, 2.05) is 13.0 Å². The third-order valence-corrected chi connectivity index (χ3v) is 5.86. The van der Waals surface area contributed by atoms with Gasteiger partial charge in [-0.15, -0.1) is 0 Å². The Morgan fingerprint density at radius 3 is 2.04 bits per heavy atom. The van der Waals surface area contributed by atoms with Gasteiger partial charge in [-0.1, -0.05) is 69.7 Å². The number of aromatic hydroxyl groups is 1. The molecular weight excluding hydrogens is 328 g/mol. The van der Waals surface area contributed by atoms with E-state index in [2.05, 4.69) is 69.9 Å². The molecule has 2 aromatic carbocycles. The largest absolute Gasteiger partial charge is 0.508 e. The number of rotatable bonds is 7. The lowest BCUT2D eigenvalue weighted by atomic mass is 9.70. The van der Waals surface area contributed by atoms with Crippen molar-refractivity contribution in [2.24, 2.45) is 0 Å². The van der Waals surface area contributed by atoms with Crippen molar-refractivity contribution in [3.8, 4) is 17.6 Å². The Kier molecular flexibility index (Phi) is 7.55. The van der Waals surface area contributed by atoms with Gasteiger partial charge in [0.2, 0.25) is 0 Å². The van der Waals surface area contributed by atoms with Gasteiger partial charge < -0.3 is 5.11 Å². The van der Waals surface area contributed by atoms with Crippen LogP contribution in [0.25, 0.3) is 0 Å². The standard InChI is InChI=1S/C26H34O/c1-6-9-10-11-12-13-22-14-15-23(18-20(22)4)26(7-2,8-3)24-16-17-25(27)21(5)19-24/h14-19,27H,6-11H2,1-5H3. The van der Waals surface area contributed by atoms with Gasteiger partial charge in [-0.3, -0.25) is 0 Å². The van der Waals surface area contributed by atoms with Crippen LogP contribution in [-0.2, 0) is 5.41 Å². The summed E-state index contributed by atoms with van der Waals surface area (Å²) in [7, 11) is 0. The van der Waals surface area contributed by atoms with Crippen LogP contribution >= 0.6 is 0 Å². The van der Waals surface area contributed by atoms with Crippen LogP contribution in [0.2, 0.25) is 0 Å². The van der Waals surface area contributed by atoms with E-state index in [1.165, 1.54) is 36.0 Å². The third-order valence-electron chi connectivity index (χ3n) is 5.86. The average Bonchev–Trinajstić information content (AvgIpc) is 2.67. The fourth-order valence-corrected chi connectivity index (χ4v) is 3.91. The molecule has 1 N–H and O–H groups in total. The van der Waals surface area contributed by atoms with E-state index in [0.717, 1.165) is 30.4 Å². The quantitative estimate of drug-likeness (QED) is 0.413. The van der Waals surface area contributed by atoms with E-state index in [9.17, 15) is 5.11 Å². The van der Waals surface area contributed by atoms with Gasteiger partial charge in [0, 0.05) is 17.4 Å². The van der Waals surface area contributed by atoms with Crippen molar-refractivity contribution >= 4 is 0 Å². The summed E-state index contributed by atoms with van der Waals surface area (Å²) in [6.45, 7) is 10.9. The summed E-state index contributed by atoms with van der Waals surface area (Å²) in [6, 6.07) is 12.8. The number of hydrogen-bond acceptors (Lipinski definition) is 1. The van der Waals surface area contributed by atoms with Crippen LogP contribution in [0, 0.1) is 25.7 Å². The van der Waals surface area contributed by atoms with Crippen LogP contribution in [-0.4, -0.2) is 5.11 Å². The molecule has 2 aromatic rings. The summed E-state index contributed by atoms with van der Waals surface area (Å²) in [4.78, 5) is 0. The van der Waals surface area contributed by atoms with Gasteiger partial charge in [-0.25, -0.2) is 0 Å². The molecule has 0 aromatic heterocycles. The molecule has 144 valence electrons. The number of aryl methyl sites for hydroxylation is 2. The highest BCUT2D eigenvalue weighted by Crippen LogP contribution is 2.40. The summed E-state index contributed by atoms with van der Waals surface area (Å²) < 4.78 is 0. The van der Waals surface area contributed by atoms with Crippen molar-refractivity contribution in [1.29, 1.82) is 0 Å². The Bertz CT molecular complexity index is 816. The maximum absolute atomic E-state index is 9.93. The first kappa shape index (κ1) is 21.1. The van der Waals surface area contributed by atoms with Crippen LogP contribution in [0.3, 0.4) is 0 Å². The first-order valence-corrected chi connectivity index (χ1v) is 10.4. The van der Waals surface area contributed by atoms with Crippen molar-refractivity contribution in [2.45, 2.75) is 78.6 Å². The molecule has 1 heteroatoms. The topological polar surface area (TPSA) is 20.2 Å². The lowest BCUT2D eigenvalue weighted by molar-refractivity contribution is 0.461. The minimum atomic E-state index is -0.0314. The maximum atomic E-state index is 9.93. The maximum Gasteiger partial charge on any atom is 0.118 e. The summed E-state index contributed by atoms with van der Waals surface area (Å²) in [6.07, 6.45) is 6.71. The van der Waals surface area contributed by atoms with Crippen LogP contribution in [0.5, 0.6) is 5.75 Å². The molecule has 0 spiro atoms. The molecule has 0 fully saturated rings. The zero-order valence-corrected chi connectivity index (χ0v) is 17.7. The molecule has 0 saturated carbocycles. The van der Waals surface area contributed by atoms with Gasteiger partial charge in [0.15, 0.2) is 0 Å². The molecule has 27 heavy (non-hydrogen) atoms. The molecular formula is C26H34O. The molecule has 2 rings (SSSR count). The molecule has 0 aliphatic rings. The molecule has 0 bridgehead atoms. The smallest absolute Gasteiger partial charge is 0.118 e. The summed E-state index contributed by atoms with van der Waals surface area (Å²) in [5, 5.41) is 9.93. The molecule has 0 unspecified atom stereocenters. The number of phenolic OH excluding ortho intramolecular Hbond substituents is 1. The zero-order valence-electron chi connectivity index (χ0n) is 17.7. The van der Waals surface area contributed by atoms with Gasteiger partial charge in [-0.05, 0) is 67.5 Å². The molecule has 0 atom stereocenters. The van der Waals surface area contributed by atoms with E-state index in [1.54, 1.807) is 0 Å². The third kappa shape index (κ3) is 4.75. The molecule has 1 nitrogen and oxygen atoms in total. The lowest BCUT2D eigenvalue weighted by Gasteiger charge is -2.34. The Morgan fingerprint density at radius 2 is 1.48 bits per heavy atom.